The Bertz CT molecular complexity index is 152. The Morgan fingerprint density at radius 2 is 1.85 bits per heavy atom. The number of hydrogen-bond acceptors (Lipinski definition) is 2. The minimum atomic E-state index is -0.771. The highest BCUT2D eigenvalue weighted by molar-refractivity contribution is 5.85. The Kier molecular flexibility index (Phi) is 5.97. The SMILES string of the molecule is CCCCC(C)C(=O)C(O)C(C)C. The fraction of sp³-hybridized carbons (Fsp3) is 0.909. The molecule has 1 N–H and O–H groups in total. The molecule has 0 aromatic heterocycles. The van der Waals surface area contributed by atoms with Crippen molar-refractivity contribution in [1.29, 1.82) is 0 Å². The molecule has 0 spiro atoms. The Labute approximate surface area is 81.3 Å². The van der Waals surface area contributed by atoms with E-state index in [0.717, 1.165) is 19.3 Å². The lowest BCUT2D eigenvalue weighted by molar-refractivity contribution is -0.133. The Hall–Kier alpha value is -0.370. The summed E-state index contributed by atoms with van der Waals surface area (Å²) in [6.07, 6.45) is 2.30. The average molecular weight is 186 g/mol. The molecule has 0 aliphatic heterocycles. The van der Waals surface area contributed by atoms with Crippen LogP contribution in [0, 0.1) is 11.8 Å². The quantitative estimate of drug-likeness (QED) is 0.691. The maximum Gasteiger partial charge on any atom is 0.164 e. The van der Waals surface area contributed by atoms with Crippen molar-refractivity contribution in [1.82, 2.24) is 0 Å². The van der Waals surface area contributed by atoms with Crippen LogP contribution in [0.25, 0.3) is 0 Å². The third-order valence-electron chi connectivity index (χ3n) is 2.40. The normalized spacial score (nSPS) is 15.8. The van der Waals surface area contributed by atoms with E-state index in [2.05, 4.69) is 6.92 Å². The van der Waals surface area contributed by atoms with Gasteiger partial charge in [0, 0.05) is 5.92 Å². The van der Waals surface area contributed by atoms with Crippen LogP contribution in [-0.2, 0) is 4.79 Å². The van der Waals surface area contributed by atoms with Crippen molar-refractivity contribution in [3.05, 3.63) is 0 Å². The van der Waals surface area contributed by atoms with Crippen molar-refractivity contribution in [3.63, 3.8) is 0 Å². The third-order valence-corrected chi connectivity index (χ3v) is 2.40. The molecule has 78 valence electrons. The van der Waals surface area contributed by atoms with Crippen LogP contribution in [0.1, 0.15) is 47.0 Å². The molecule has 0 aliphatic rings. The summed E-state index contributed by atoms with van der Waals surface area (Å²) in [4.78, 5) is 11.5. The standard InChI is InChI=1S/C11H22O2/c1-5-6-7-9(4)11(13)10(12)8(2)3/h8-10,12H,5-7H2,1-4H3. The minimum Gasteiger partial charge on any atom is -0.385 e. The second kappa shape index (κ2) is 6.14. The topological polar surface area (TPSA) is 37.3 Å². The number of unbranched alkanes of at least 4 members (excludes halogenated alkanes) is 1. The number of hydrogen-bond donors (Lipinski definition) is 1. The Morgan fingerprint density at radius 1 is 1.31 bits per heavy atom. The molecule has 2 unspecified atom stereocenters. The van der Waals surface area contributed by atoms with Gasteiger partial charge in [-0.3, -0.25) is 4.79 Å². The van der Waals surface area contributed by atoms with Crippen molar-refractivity contribution >= 4 is 5.78 Å². The zero-order chi connectivity index (χ0) is 10.4. The van der Waals surface area contributed by atoms with Crippen LogP contribution in [0.5, 0.6) is 0 Å². The molecule has 2 atom stereocenters. The summed E-state index contributed by atoms with van der Waals surface area (Å²) in [5.41, 5.74) is 0. The number of aliphatic hydroxyl groups is 1. The van der Waals surface area contributed by atoms with Gasteiger partial charge in [0.25, 0.3) is 0 Å². The largest absolute Gasteiger partial charge is 0.385 e. The van der Waals surface area contributed by atoms with E-state index in [1.54, 1.807) is 0 Å². The van der Waals surface area contributed by atoms with Gasteiger partial charge < -0.3 is 5.11 Å². The van der Waals surface area contributed by atoms with Gasteiger partial charge in [-0.2, -0.15) is 0 Å². The molecule has 0 saturated heterocycles. The van der Waals surface area contributed by atoms with E-state index < -0.39 is 6.10 Å². The van der Waals surface area contributed by atoms with Crippen LogP contribution in [0.4, 0.5) is 0 Å². The Balaban J connectivity index is 3.94. The maximum atomic E-state index is 11.5. The maximum absolute atomic E-state index is 11.5. The summed E-state index contributed by atoms with van der Waals surface area (Å²) in [6.45, 7) is 7.75. The first-order valence-electron chi connectivity index (χ1n) is 5.22. The van der Waals surface area contributed by atoms with Gasteiger partial charge in [-0.1, -0.05) is 40.5 Å². The fourth-order valence-corrected chi connectivity index (χ4v) is 1.27. The van der Waals surface area contributed by atoms with E-state index in [-0.39, 0.29) is 17.6 Å². The van der Waals surface area contributed by atoms with Crippen molar-refractivity contribution < 1.29 is 9.90 Å². The molecule has 0 aromatic rings. The van der Waals surface area contributed by atoms with Crippen LogP contribution in [0.15, 0.2) is 0 Å². The third kappa shape index (κ3) is 4.41. The van der Waals surface area contributed by atoms with Gasteiger partial charge in [-0.05, 0) is 12.3 Å². The Morgan fingerprint density at radius 3 is 2.23 bits per heavy atom. The summed E-state index contributed by atoms with van der Waals surface area (Å²) < 4.78 is 0. The summed E-state index contributed by atoms with van der Waals surface area (Å²) in [5.74, 6) is 0.0531. The van der Waals surface area contributed by atoms with Gasteiger partial charge >= 0.3 is 0 Å². The van der Waals surface area contributed by atoms with Crippen LogP contribution < -0.4 is 0 Å². The predicted molar refractivity (Wildman–Crippen MR) is 54.5 cm³/mol. The molecule has 0 heterocycles. The first-order valence-corrected chi connectivity index (χ1v) is 5.22. The molecular weight excluding hydrogens is 164 g/mol. The highest BCUT2D eigenvalue weighted by Gasteiger charge is 2.23. The smallest absolute Gasteiger partial charge is 0.164 e. The lowest BCUT2D eigenvalue weighted by Gasteiger charge is -2.17. The summed E-state index contributed by atoms with van der Waals surface area (Å²) in [7, 11) is 0. The van der Waals surface area contributed by atoms with E-state index >= 15 is 0 Å². The van der Waals surface area contributed by atoms with E-state index in [1.165, 1.54) is 0 Å². The van der Waals surface area contributed by atoms with Crippen molar-refractivity contribution in [3.8, 4) is 0 Å². The number of rotatable bonds is 6. The molecule has 0 aromatic carbocycles. The predicted octanol–water partition coefficient (Wildman–Crippen LogP) is 2.40. The van der Waals surface area contributed by atoms with Crippen molar-refractivity contribution in [2.24, 2.45) is 11.8 Å². The lowest BCUT2D eigenvalue weighted by atomic mass is 9.91. The summed E-state index contributed by atoms with van der Waals surface area (Å²) in [6, 6.07) is 0. The number of Topliss-reactive ketones (excluding diaryl/α,β-unsaturated/α-hetero) is 1. The second-order valence-corrected chi connectivity index (χ2v) is 4.13. The van der Waals surface area contributed by atoms with Gasteiger partial charge in [0.1, 0.15) is 6.10 Å². The zero-order valence-electron chi connectivity index (χ0n) is 9.21. The molecule has 0 bridgehead atoms. The molecule has 0 fully saturated rings. The van der Waals surface area contributed by atoms with Crippen LogP contribution in [-0.4, -0.2) is 17.0 Å². The van der Waals surface area contributed by atoms with Crippen molar-refractivity contribution in [2.75, 3.05) is 0 Å². The molecule has 2 nitrogen and oxygen atoms in total. The molecule has 0 radical (unpaired) electrons. The number of carbonyl (C=O) groups is 1. The molecule has 2 heteroatoms. The molecule has 0 saturated carbocycles. The first-order chi connectivity index (χ1) is 6.00. The van der Waals surface area contributed by atoms with Gasteiger partial charge in [-0.25, -0.2) is 0 Å². The molecular formula is C11H22O2. The number of carbonyl (C=O) groups excluding carboxylic acids is 1. The zero-order valence-corrected chi connectivity index (χ0v) is 9.21. The van der Waals surface area contributed by atoms with E-state index in [4.69, 9.17) is 0 Å². The van der Waals surface area contributed by atoms with Gasteiger partial charge in [-0.15, -0.1) is 0 Å². The average Bonchev–Trinajstić information content (AvgIpc) is 2.11. The first kappa shape index (κ1) is 12.6. The molecule has 0 amide bonds. The molecule has 0 rings (SSSR count). The van der Waals surface area contributed by atoms with E-state index in [0.29, 0.717) is 0 Å². The monoisotopic (exact) mass is 186 g/mol. The van der Waals surface area contributed by atoms with Crippen LogP contribution in [0.2, 0.25) is 0 Å². The van der Waals surface area contributed by atoms with Crippen LogP contribution >= 0.6 is 0 Å². The summed E-state index contributed by atoms with van der Waals surface area (Å²) >= 11 is 0. The van der Waals surface area contributed by atoms with Crippen LogP contribution in [0.3, 0.4) is 0 Å². The molecule has 13 heavy (non-hydrogen) atoms. The minimum absolute atomic E-state index is 0.00319. The van der Waals surface area contributed by atoms with Crippen molar-refractivity contribution in [2.45, 2.75) is 53.1 Å². The second-order valence-electron chi connectivity index (χ2n) is 4.13. The number of ketones is 1. The van der Waals surface area contributed by atoms with Gasteiger partial charge in [0.2, 0.25) is 0 Å². The van der Waals surface area contributed by atoms with Gasteiger partial charge in [0.05, 0.1) is 0 Å². The van der Waals surface area contributed by atoms with Gasteiger partial charge in [0.15, 0.2) is 5.78 Å². The van der Waals surface area contributed by atoms with E-state index in [1.807, 2.05) is 20.8 Å². The number of aliphatic hydroxyl groups excluding tert-OH is 1. The summed E-state index contributed by atoms with van der Waals surface area (Å²) in [5, 5.41) is 9.52. The highest BCUT2D eigenvalue weighted by Crippen LogP contribution is 2.14. The fourth-order valence-electron chi connectivity index (χ4n) is 1.27. The molecule has 0 aliphatic carbocycles. The highest BCUT2D eigenvalue weighted by atomic mass is 16.3. The van der Waals surface area contributed by atoms with E-state index in [9.17, 15) is 9.90 Å². The lowest BCUT2D eigenvalue weighted by Crippen LogP contribution is -2.30.